The fourth-order valence-corrected chi connectivity index (χ4v) is 8.82. The summed E-state index contributed by atoms with van der Waals surface area (Å²) in [4.78, 5) is 0. The van der Waals surface area contributed by atoms with Crippen LogP contribution in [0.3, 0.4) is 0 Å². The molecule has 0 bridgehead atoms. The number of hydrogen-bond donors (Lipinski definition) is 0. The summed E-state index contributed by atoms with van der Waals surface area (Å²) in [6, 6.07) is 53.6. The van der Waals surface area contributed by atoms with Crippen LogP contribution in [0.25, 0.3) is 85.9 Å². The smallest absolute Gasteiger partial charge is 0.0623 e. The minimum atomic E-state index is -0.00195. The standard InChI is InChI=1S/C46H34S/c1-46(2,3)41-28-34(27-40-35-14-10-11-19-42(35)47-45(40)41)44-38-17-8-6-15-36(38)43(37-16-7-9-18-39(37)44)31-23-20-30(21-24-31)33-25-22-29-12-4-5-13-32(29)26-33/h4-28H,1-3H3/i4D. The molecule has 8 aromatic carbocycles. The Morgan fingerprint density at radius 2 is 1.02 bits per heavy atom. The van der Waals surface area contributed by atoms with Gasteiger partial charge in [0.25, 0.3) is 0 Å². The van der Waals surface area contributed by atoms with Gasteiger partial charge in [0.2, 0.25) is 0 Å². The lowest BCUT2D eigenvalue weighted by Crippen LogP contribution is -2.11. The van der Waals surface area contributed by atoms with Crippen molar-refractivity contribution in [2.45, 2.75) is 26.2 Å². The van der Waals surface area contributed by atoms with Gasteiger partial charge in [0, 0.05) is 20.2 Å². The van der Waals surface area contributed by atoms with E-state index in [9.17, 15) is 0 Å². The number of benzene rings is 8. The van der Waals surface area contributed by atoms with E-state index in [1.54, 1.807) is 0 Å². The molecule has 0 aliphatic heterocycles. The lowest BCUT2D eigenvalue weighted by molar-refractivity contribution is 0.597. The number of thiophene rings is 1. The highest BCUT2D eigenvalue weighted by Crippen LogP contribution is 2.48. The molecule has 0 nitrogen and oxygen atoms in total. The van der Waals surface area contributed by atoms with Crippen LogP contribution in [0.1, 0.15) is 27.7 Å². The van der Waals surface area contributed by atoms with Crippen LogP contribution in [0.4, 0.5) is 0 Å². The zero-order valence-electron chi connectivity index (χ0n) is 27.8. The average molecular weight is 620 g/mol. The number of hydrogen-bond acceptors (Lipinski definition) is 1. The van der Waals surface area contributed by atoms with E-state index in [2.05, 4.69) is 148 Å². The predicted octanol–water partition coefficient (Wildman–Crippen LogP) is 13.8. The molecular formula is C46H34S. The van der Waals surface area contributed by atoms with Crippen LogP contribution >= 0.6 is 11.3 Å². The zero-order valence-corrected chi connectivity index (χ0v) is 27.6. The van der Waals surface area contributed by atoms with Crippen molar-refractivity contribution in [3.05, 3.63) is 157 Å². The summed E-state index contributed by atoms with van der Waals surface area (Å²) in [5, 5.41) is 10.0. The van der Waals surface area contributed by atoms with E-state index in [1.165, 1.54) is 80.7 Å². The Hall–Kier alpha value is -5.24. The molecule has 1 heteroatoms. The first-order chi connectivity index (χ1) is 23.3. The third-order valence-electron chi connectivity index (χ3n) is 9.70. The lowest BCUT2D eigenvalue weighted by Gasteiger charge is -2.23. The highest BCUT2D eigenvalue weighted by molar-refractivity contribution is 7.26. The van der Waals surface area contributed by atoms with Crippen LogP contribution in [0.5, 0.6) is 0 Å². The van der Waals surface area contributed by atoms with E-state index in [1.807, 2.05) is 29.5 Å². The van der Waals surface area contributed by atoms with Gasteiger partial charge in [-0.3, -0.25) is 0 Å². The van der Waals surface area contributed by atoms with E-state index in [4.69, 9.17) is 1.37 Å². The number of fused-ring (bicyclic) bond motifs is 6. The average Bonchev–Trinajstić information content (AvgIpc) is 3.48. The molecule has 0 unspecified atom stereocenters. The van der Waals surface area contributed by atoms with Crippen molar-refractivity contribution in [2.75, 3.05) is 0 Å². The summed E-state index contributed by atoms with van der Waals surface area (Å²) in [7, 11) is 0. The van der Waals surface area contributed by atoms with Crippen LogP contribution < -0.4 is 0 Å². The molecule has 1 heterocycles. The Kier molecular flexibility index (Phi) is 6.11. The fraction of sp³-hybridized carbons (Fsp3) is 0.0870. The second kappa shape index (κ2) is 10.7. The Morgan fingerprint density at radius 1 is 0.447 bits per heavy atom. The molecule has 224 valence electrons. The number of rotatable bonds is 3. The minimum Gasteiger partial charge on any atom is -0.135 e. The van der Waals surface area contributed by atoms with Gasteiger partial charge in [-0.15, -0.1) is 11.3 Å². The summed E-state index contributed by atoms with van der Waals surface area (Å²) >= 11 is 1.92. The second-order valence-corrected chi connectivity index (χ2v) is 14.7. The van der Waals surface area contributed by atoms with Crippen molar-refractivity contribution in [3.63, 3.8) is 0 Å². The van der Waals surface area contributed by atoms with Crippen LogP contribution in [0.2, 0.25) is 0 Å². The van der Waals surface area contributed by atoms with Gasteiger partial charge in [0.1, 0.15) is 0 Å². The lowest BCUT2D eigenvalue weighted by atomic mass is 9.81. The molecule has 47 heavy (non-hydrogen) atoms. The molecule has 9 aromatic rings. The van der Waals surface area contributed by atoms with Gasteiger partial charge in [0.05, 0.1) is 1.37 Å². The normalized spacial score (nSPS) is 12.4. The fourth-order valence-electron chi connectivity index (χ4n) is 7.41. The van der Waals surface area contributed by atoms with Crippen molar-refractivity contribution in [1.29, 1.82) is 0 Å². The molecule has 0 aliphatic carbocycles. The Balaban J connectivity index is 1.27. The predicted molar refractivity (Wildman–Crippen MR) is 207 cm³/mol. The Bertz CT molecular complexity index is 2650. The second-order valence-electron chi connectivity index (χ2n) is 13.7. The van der Waals surface area contributed by atoms with E-state index < -0.39 is 0 Å². The SMILES string of the molecule is [2H]c1ccc2cc(-c3ccc(-c4c5ccccc5c(-c5cc(C(C)(C)C)c6sc7ccccc7c6c5)c5ccccc45)cc3)ccc2c1. The maximum absolute atomic E-state index is 7.97. The first kappa shape index (κ1) is 26.9. The van der Waals surface area contributed by atoms with Crippen LogP contribution in [0.15, 0.2) is 152 Å². The minimum absolute atomic E-state index is 0.00195. The van der Waals surface area contributed by atoms with Gasteiger partial charge in [-0.2, -0.15) is 0 Å². The van der Waals surface area contributed by atoms with Crippen LogP contribution in [-0.4, -0.2) is 0 Å². The molecule has 1 aromatic heterocycles. The van der Waals surface area contributed by atoms with Crippen molar-refractivity contribution in [3.8, 4) is 33.4 Å². The molecule has 0 saturated heterocycles. The molecule has 0 N–H and O–H groups in total. The highest BCUT2D eigenvalue weighted by Gasteiger charge is 2.23. The van der Waals surface area contributed by atoms with E-state index in [-0.39, 0.29) is 5.41 Å². The molecule has 0 fully saturated rings. The van der Waals surface area contributed by atoms with Crippen molar-refractivity contribution in [2.24, 2.45) is 0 Å². The quantitative estimate of drug-likeness (QED) is 0.173. The van der Waals surface area contributed by atoms with Gasteiger partial charge in [0.15, 0.2) is 0 Å². The monoisotopic (exact) mass is 619 g/mol. The third-order valence-corrected chi connectivity index (χ3v) is 10.9. The molecule has 9 rings (SSSR count). The van der Waals surface area contributed by atoms with Gasteiger partial charge in [-0.1, -0.05) is 148 Å². The van der Waals surface area contributed by atoms with E-state index in [0.717, 1.165) is 10.8 Å². The van der Waals surface area contributed by atoms with Crippen LogP contribution in [0, 0.1) is 0 Å². The Labute approximate surface area is 281 Å². The summed E-state index contributed by atoms with van der Waals surface area (Å²) in [5.41, 5.74) is 8.84. The summed E-state index contributed by atoms with van der Waals surface area (Å²) in [5.74, 6) is 0. The highest BCUT2D eigenvalue weighted by atomic mass is 32.1. The van der Waals surface area contributed by atoms with Crippen LogP contribution in [-0.2, 0) is 5.41 Å². The molecule has 0 amide bonds. The molecule has 0 radical (unpaired) electrons. The van der Waals surface area contributed by atoms with Gasteiger partial charge >= 0.3 is 0 Å². The molecule has 0 spiro atoms. The molecule has 0 saturated carbocycles. The molecular weight excluding hydrogens is 585 g/mol. The maximum atomic E-state index is 7.97. The molecule has 0 aliphatic rings. The molecule has 0 atom stereocenters. The van der Waals surface area contributed by atoms with Gasteiger partial charge in [-0.05, 0) is 101 Å². The van der Waals surface area contributed by atoms with E-state index >= 15 is 0 Å². The largest absolute Gasteiger partial charge is 0.135 e. The van der Waals surface area contributed by atoms with E-state index in [0.29, 0.717) is 6.04 Å². The first-order valence-electron chi connectivity index (χ1n) is 16.8. The Morgan fingerprint density at radius 3 is 1.68 bits per heavy atom. The summed E-state index contributed by atoms with van der Waals surface area (Å²) < 4.78 is 10.7. The van der Waals surface area contributed by atoms with Gasteiger partial charge in [-0.25, -0.2) is 0 Å². The third kappa shape index (κ3) is 4.57. The van der Waals surface area contributed by atoms with Crippen molar-refractivity contribution in [1.82, 2.24) is 0 Å². The summed E-state index contributed by atoms with van der Waals surface area (Å²) in [6.07, 6.45) is 0. The topological polar surface area (TPSA) is 0 Å². The zero-order chi connectivity index (χ0) is 32.6. The van der Waals surface area contributed by atoms with Crippen molar-refractivity contribution < 1.29 is 1.37 Å². The first-order valence-corrected chi connectivity index (χ1v) is 17.2. The summed E-state index contributed by atoms with van der Waals surface area (Å²) in [6.45, 7) is 7.01. The van der Waals surface area contributed by atoms with Gasteiger partial charge < -0.3 is 0 Å². The van der Waals surface area contributed by atoms with Crippen molar-refractivity contribution >= 4 is 63.8 Å². The maximum Gasteiger partial charge on any atom is 0.0623 e.